The summed E-state index contributed by atoms with van der Waals surface area (Å²) in [6, 6.07) is 9.00. The molecule has 1 atom stereocenters. The lowest BCUT2D eigenvalue weighted by Crippen LogP contribution is -2.23. The fraction of sp³-hybridized carbons (Fsp3) is 0.571. The van der Waals surface area contributed by atoms with Gasteiger partial charge in [-0.05, 0) is 30.4 Å². The molecule has 0 bridgehead atoms. The largest absolute Gasteiger partial charge is 0.387 e. The van der Waals surface area contributed by atoms with Gasteiger partial charge in [0.2, 0.25) is 0 Å². The highest BCUT2D eigenvalue weighted by atomic mass is 16.3. The molecule has 16 heavy (non-hydrogen) atoms. The molecule has 88 valence electrons. The Labute approximate surface area is 97.7 Å². The summed E-state index contributed by atoms with van der Waals surface area (Å²) in [5.74, 6) is 0. The van der Waals surface area contributed by atoms with Gasteiger partial charge in [-0.15, -0.1) is 0 Å². The van der Waals surface area contributed by atoms with Gasteiger partial charge < -0.3 is 10.4 Å². The van der Waals surface area contributed by atoms with Crippen LogP contribution in [0.2, 0.25) is 0 Å². The van der Waals surface area contributed by atoms with E-state index in [-0.39, 0.29) is 6.10 Å². The van der Waals surface area contributed by atoms with Crippen LogP contribution in [0.3, 0.4) is 0 Å². The molecular weight excluding hydrogens is 198 g/mol. The molecule has 2 heteroatoms. The van der Waals surface area contributed by atoms with Gasteiger partial charge in [0, 0.05) is 12.6 Å². The Hall–Kier alpha value is -0.860. The number of aryl methyl sites for hydroxylation is 1. The highest BCUT2D eigenvalue weighted by Gasteiger charge is 2.21. The summed E-state index contributed by atoms with van der Waals surface area (Å²) in [4.78, 5) is 0. The highest BCUT2D eigenvalue weighted by molar-refractivity contribution is 5.24. The number of benzene rings is 1. The quantitative estimate of drug-likeness (QED) is 0.770. The minimum Gasteiger partial charge on any atom is -0.387 e. The lowest BCUT2D eigenvalue weighted by atomic mass is 10.0. The van der Waals surface area contributed by atoms with Gasteiger partial charge in [-0.25, -0.2) is 0 Å². The van der Waals surface area contributed by atoms with E-state index >= 15 is 0 Å². The molecule has 1 aliphatic rings. The average Bonchev–Trinajstić information content (AvgIpc) is 3.11. The summed E-state index contributed by atoms with van der Waals surface area (Å²) in [6.45, 7) is 2.86. The molecule has 1 aliphatic carbocycles. The number of nitrogens with one attached hydrogen (secondary N) is 1. The molecule has 1 aromatic rings. The van der Waals surface area contributed by atoms with Gasteiger partial charge in [-0.3, -0.25) is 0 Å². The second-order valence-electron chi connectivity index (χ2n) is 4.69. The molecule has 0 aromatic heterocycles. The van der Waals surface area contributed by atoms with Crippen molar-refractivity contribution in [1.82, 2.24) is 5.32 Å². The predicted octanol–water partition coefficient (Wildman–Crippen LogP) is 2.42. The normalized spacial score (nSPS) is 17.4. The molecule has 1 saturated carbocycles. The van der Waals surface area contributed by atoms with Crippen molar-refractivity contribution in [2.45, 2.75) is 44.8 Å². The van der Waals surface area contributed by atoms with Crippen LogP contribution in [-0.4, -0.2) is 17.7 Å². The summed E-state index contributed by atoms with van der Waals surface area (Å²) in [5.41, 5.74) is 2.38. The van der Waals surface area contributed by atoms with Crippen molar-refractivity contribution < 1.29 is 5.11 Å². The standard InChI is InChI=1S/C14H21NO/c1-2-3-11-4-6-12(7-5-11)14(16)10-15-13-8-9-13/h4-7,13-16H,2-3,8-10H2,1H3. The van der Waals surface area contributed by atoms with Crippen molar-refractivity contribution in [3.63, 3.8) is 0 Å². The van der Waals surface area contributed by atoms with Gasteiger partial charge in [0.05, 0.1) is 6.10 Å². The van der Waals surface area contributed by atoms with Gasteiger partial charge in [0.15, 0.2) is 0 Å². The monoisotopic (exact) mass is 219 g/mol. The zero-order chi connectivity index (χ0) is 11.4. The number of hydrogen-bond donors (Lipinski definition) is 2. The van der Waals surface area contributed by atoms with Gasteiger partial charge in [0.25, 0.3) is 0 Å². The van der Waals surface area contributed by atoms with Crippen molar-refractivity contribution in [2.75, 3.05) is 6.54 Å². The van der Waals surface area contributed by atoms with E-state index in [0.29, 0.717) is 12.6 Å². The molecule has 2 N–H and O–H groups in total. The minimum atomic E-state index is -0.365. The van der Waals surface area contributed by atoms with Crippen LogP contribution >= 0.6 is 0 Å². The highest BCUT2D eigenvalue weighted by Crippen LogP contribution is 2.20. The molecule has 2 rings (SSSR count). The van der Waals surface area contributed by atoms with Crippen LogP contribution in [0.5, 0.6) is 0 Å². The van der Waals surface area contributed by atoms with Crippen LogP contribution in [0.25, 0.3) is 0 Å². The Morgan fingerprint density at radius 1 is 1.31 bits per heavy atom. The lowest BCUT2D eigenvalue weighted by molar-refractivity contribution is 0.174. The topological polar surface area (TPSA) is 32.3 Å². The Morgan fingerprint density at radius 3 is 2.56 bits per heavy atom. The minimum absolute atomic E-state index is 0.365. The van der Waals surface area contributed by atoms with Crippen molar-refractivity contribution >= 4 is 0 Å². The number of rotatable bonds is 6. The first-order valence-electron chi connectivity index (χ1n) is 6.30. The number of aliphatic hydroxyl groups is 1. The van der Waals surface area contributed by atoms with E-state index in [1.54, 1.807) is 0 Å². The van der Waals surface area contributed by atoms with Crippen LogP contribution in [0.1, 0.15) is 43.4 Å². The Morgan fingerprint density at radius 2 is 2.00 bits per heavy atom. The molecule has 2 nitrogen and oxygen atoms in total. The second kappa shape index (κ2) is 5.46. The molecule has 0 amide bonds. The fourth-order valence-electron chi connectivity index (χ4n) is 1.88. The summed E-state index contributed by atoms with van der Waals surface area (Å²) in [5, 5.41) is 13.3. The molecule has 0 spiro atoms. The van der Waals surface area contributed by atoms with Crippen molar-refractivity contribution in [1.29, 1.82) is 0 Å². The van der Waals surface area contributed by atoms with Crippen molar-refractivity contribution in [3.05, 3.63) is 35.4 Å². The maximum atomic E-state index is 9.96. The molecule has 0 saturated heterocycles. The Bertz CT molecular complexity index is 316. The first-order valence-corrected chi connectivity index (χ1v) is 6.30. The Balaban J connectivity index is 1.86. The molecule has 0 heterocycles. The van der Waals surface area contributed by atoms with E-state index in [2.05, 4.69) is 24.4 Å². The van der Waals surface area contributed by atoms with Crippen LogP contribution in [0.4, 0.5) is 0 Å². The van der Waals surface area contributed by atoms with Crippen LogP contribution in [0.15, 0.2) is 24.3 Å². The third kappa shape index (κ3) is 3.32. The van der Waals surface area contributed by atoms with E-state index in [0.717, 1.165) is 12.0 Å². The maximum Gasteiger partial charge on any atom is 0.0914 e. The fourth-order valence-corrected chi connectivity index (χ4v) is 1.88. The van der Waals surface area contributed by atoms with E-state index < -0.39 is 0 Å². The van der Waals surface area contributed by atoms with Gasteiger partial charge in [-0.1, -0.05) is 37.6 Å². The van der Waals surface area contributed by atoms with Crippen molar-refractivity contribution in [2.24, 2.45) is 0 Å². The summed E-state index contributed by atoms with van der Waals surface area (Å²) in [7, 11) is 0. The van der Waals surface area contributed by atoms with Crippen LogP contribution in [0, 0.1) is 0 Å². The van der Waals surface area contributed by atoms with E-state index in [9.17, 15) is 5.11 Å². The third-order valence-electron chi connectivity index (χ3n) is 3.08. The Kier molecular flexibility index (Phi) is 3.97. The van der Waals surface area contributed by atoms with Gasteiger partial charge in [0.1, 0.15) is 0 Å². The zero-order valence-electron chi connectivity index (χ0n) is 9.95. The van der Waals surface area contributed by atoms with Crippen LogP contribution in [-0.2, 0) is 6.42 Å². The molecule has 0 radical (unpaired) electrons. The number of aliphatic hydroxyl groups excluding tert-OH is 1. The summed E-state index contributed by atoms with van der Waals surface area (Å²) in [6.07, 6.45) is 4.46. The number of hydrogen-bond acceptors (Lipinski definition) is 2. The second-order valence-corrected chi connectivity index (χ2v) is 4.69. The lowest BCUT2D eigenvalue weighted by Gasteiger charge is -2.12. The van der Waals surface area contributed by atoms with E-state index in [1.807, 2.05) is 12.1 Å². The summed E-state index contributed by atoms with van der Waals surface area (Å²) < 4.78 is 0. The molecule has 0 aliphatic heterocycles. The van der Waals surface area contributed by atoms with E-state index in [1.165, 1.54) is 24.8 Å². The third-order valence-corrected chi connectivity index (χ3v) is 3.08. The van der Waals surface area contributed by atoms with Crippen molar-refractivity contribution in [3.8, 4) is 0 Å². The summed E-state index contributed by atoms with van der Waals surface area (Å²) >= 11 is 0. The predicted molar refractivity (Wildman–Crippen MR) is 66.4 cm³/mol. The molecular formula is C14H21NO. The average molecular weight is 219 g/mol. The SMILES string of the molecule is CCCc1ccc(C(O)CNC2CC2)cc1. The smallest absolute Gasteiger partial charge is 0.0914 e. The van der Waals surface area contributed by atoms with Crippen LogP contribution < -0.4 is 5.32 Å². The first kappa shape index (κ1) is 11.6. The maximum absolute atomic E-state index is 9.96. The van der Waals surface area contributed by atoms with Gasteiger partial charge in [-0.2, -0.15) is 0 Å². The molecule has 1 aromatic carbocycles. The molecule has 1 fully saturated rings. The molecule has 1 unspecified atom stereocenters. The first-order chi connectivity index (χ1) is 7.79. The van der Waals surface area contributed by atoms with Gasteiger partial charge >= 0.3 is 0 Å². The zero-order valence-corrected chi connectivity index (χ0v) is 9.95. The van der Waals surface area contributed by atoms with E-state index in [4.69, 9.17) is 0 Å².